The van der Waals surface area contributed by atoms with Crippen LogP contribution >= 0.6 is 0 Å². The Kier molecular flexibility index (Phi) is 0.468. The van der Waals surface area contributed by atoms with Crippen molar-refractivity contribution >= 4 is 0 Å². The second-order valence-electron chi connectivity index (χ2n) is 0.885. The molecule has 1 aromatic rings. The Morgan fingerprint density at radius 3 is 2.00 bits per heavy atom. The van der Waals surface area contributed by atoms with Gasteiger partial charge in [-0.15, -0.1) is 0 Å². The van der Waals surface area contributed by atoms with Crippen LogP contribution in [0, 0.1) is 0 Å². The van der Waals surface area contributed by atoms with Crippen LogP contribution in [0.5, 0.6) is 0 Å². The van der Waals surface area contributed by atoms with Gasteiger partial charge < -0.3 is 4.98 Å². The van der Waals surface area contributed by atoms with Crippen LogP contribution in [-0.4, -0.2) is 4.98 Å². The molecule has 0 aliphatic heterocycles. The molecule has 1 rings (SSSR count). The smallest absolute Gasteiger partial charge is 0.368 e. The number of H-pyrrole nitrogens is 1. The minimum atomic E-state index is 0. The van der Waals surface area contributed by atoms with Crippen molar-refractivity contribution in [2.45, 2.75) is 0 Å². The number of hydrogen-bond acceptors (Lipinski definition) is 0. The Balaban J connectivity index is 0.000000250. The van der Waals surface area contributed by atoms with Crippen LogP contribution in [0.25, 0.3) is 0 Å². The maximum atomic E-state index is 2.86. The summed E-state index contributed by atoms with van der Waals surface area (Å²) in [6.45, 7) is 0. The fourth-order valence-electron chi connectivity index (χ4n) is 0.278. The topological polar surface area (TPSA) is 15.8 Å². The average Bonchev–Trinajstić information content (AvgIpc) is 1.76. The van der Waals surface area contributed by atoms with Crippen molar-refractivity contribution in [2.24, 2.45) is 0 Å². The molecule has 0 aliphatic carbocycles. The lowest BCUT2D eigenvalue weighted by atomic mass is 10.7. The molecular formula is C4H6N+. The van der Waals surface area contributed by atoms with Crippen molar-refractivity contribution in [3.63, 3.8) is 0 Å². The van der Waals surface area contributed by atoms with E-state index in [-0.39, 0.29) is 1.43 Å². The zero-order chi connectivity index (χ0) is 3.54. The van der Waals surface area contributed by atoms with Gasteiger partial charge in [0.15, 0.2) is 0 Å². The van der Waals surface area contributed by atoms with Crippen LogP contribution in [0.2, 0.25) is 0 Å². The van der Waals surface area contributed by atoms with E-state index >= 15 is 0 Å². The van der Waals surface area contributed by atoms with Crippen LogP contribution in [0.1, 0.15) is 1.43 Å². The van der Waals surface area contributed by atoms with E-state index < -0.39 is 0 Å². The van der Waals surface area contributed by atoms with Gasteiger partial charge in [0, 0.05) is 12.4 Å². The highest BCUT2D eigenvalue weighted by Crippen LogP contribution is 1.72. The second-order valence-corrected chi connectivity index (χ2v) is 0.885. The molecule has 0 bridgehead atoms. The molecule has 1 heterocycles. The summed E-state index contributed by atoms with van der Waals surface area (Å²) in [5.74, 6) is 0. The maximum Gasteiger partial charge on any atom is 1.00 e. The predicted molar refractivity (Wildman–Crippen MR) is 21.9 cm³/mol. The van der Waals surface area contributed by atoms with Gasteiger partial charge in [-0.1, -0.05) is 0 Å². The highest BCUT2D eigenvalue weighted by Gasteiger charge is 1.55. The molecular weight excluding hydrogens is 62.1 g/mol. The molecule has 1 nitrogen and oxygen atoms in total. The molecule has 1 heteroatoms. The Hall–Kier alpha value is -0.720. The van der Waals surface area contributed by atoms with Crippen molar-refractivity contribution in [1.82, 2.24) is 4.98 Å². The molecule has 0 aromatic carbocycles. The van der Waals surface area contributed by atoms with Gasteiger partial charge in [0.05, 0.1) is 0 Å². The minimum Gasteiger partial charge on any atom is -0.368 e. The number of hydrogen-bond donors (Lipinski definition) is 1. The Morgan fingerprint density at radius 2 is 1.80 bits per heavy atom. The molecule has 1 N–H and O–H groups in total. The van der Waals surface area contributed by atoms with E-state index in [0.29, 0.717) is 0 Å². The van der Waals surface area contributed by atoms with Crippen molar-refractivity contribution in [1.29, 1.82) is 0 Å². The van der Waals surface area contributed by atoms with E-state index in [1.807, 2.05) is 24.5 Å². The fourth-order valence-corrected chi connectivity index (χ4v) is 0.278. The molecule has 0 saturated heterocycles. The molecule has 0 radical (unpaired) electrons. The van der Waals surface area contributed by atoms with Crippen LogP contribution in [0.3, 0.4) is 0 Å². The van der Waals surface area contributed by atoms with Crippen LogP contribution < -0.4 is 0 Å². The summed E-state index contributed by atoms with van der Waals surface area (Å²) >= 11 is 0. The van der Waals surface area contributed by atoms with Crippen LogP contribution in [0.4, 0.5) is 0 Å². The lowest BCUT2D eigenvalue weighted by molar-refractivity contribution is 1.42. The van der Waals surface area contributed by atoms with Gasteiger partial charge in [-0.05, 0) is 12.1 Å². The first-order valence-electron chi connectivity index (χ1n) is 1.58. The molecule has 26 valence electrons. The standard InChI is InChI=1S/C4H5N/c1-2-4-5-3-1/h1-5H/p+1. The maximum absolute atomic E-state index is 2.86. The van der Waals surface area contributed by atoms with E-state index in [4.69, 9.17) is 0 Å². The fraction of sp³-hybridized carbons (Fsp3) is 0. The summed E-state index contributed by atoms with van der Waals surface area (Å²) < 4.78 is 0. The summed E-state index contributed by atoms with van der Waals surface area (Å²) in [5, 5.41) is 0. The average molecular weight is 68.1 g/mol. The van der Waals surface area contributed by atoms with Crippen LogP contribution in [-0.2, 0) is 0 Å². The van der Waals surface area contributed by atoms with Crippen molar-refractivity contribution in [3.8, 4) is 0 Å². The third kappa shape index (κ3) is 0.293. The molecule has 0 unspecified atom stereocenters. The van der Waals surface area contributed by atoms with Gasteiger partial charge >= 0.3 is 1.43 Å². The summed E-state index contributed by atoms with van der Waals surface area (Å²) in [6, 6.07) is 3.89. The van der Waals surface area contributed by atoms with Gasteiger partial charge in [0.2, 0.25) is 0 Å². The molecule has 0 fully saturated rings. The van der Waals surface area contributed by atoms with Gasteiger partial charge in [-0.3, -0.25) is 0 Å². The lowest BCUT2D eigenvalue weighted by Gasteiger charge is -1.49. The van der Waals surface area contributed by atoms with E-state index in [1.54, 1.807) is 0 Å². The van der Waals surface area contributed by atoms with Gasteiger partial charge in [0.25, 0.3) is 0 Å². The predicted octanol–water partition coefficient (Wildman–Crippen LogP) is 1.13. The SMILES string of the molecule is [H+].c1cc[nH]c1. The summed E-state index contributed by atoms with van der Waals surface area (Å²) in [4.78, 5) is 2.86. The second kappa shape index (κ2) is 0.931. The largest absolute Gasteiger partial charge is 1.00 e. The van der Waals surface area contributed by atoms with Gasteiger partial charge in [-0.2, -0.15) is 0 Å². The monoisotopic (exact) mass is 68.0 g/mol. The van der Waals surface area contributed by atoms with E-state index in [1.165, 1.54) is 0 Å². The highest BCUT2D eigenvalue weighted by molar-refractivity contribution is 4.84. The summed E-state index contributed by atoms with van der Waals surface area (Å²) in [7, 11) is 0. The Labute approximate surface area is 32.1 Å². The van der Waals surface area contributed by atoms with Crippen molar-refractivity contribution in [2.75, 3.05) is 0 Å². The number of aromatic amines is 1. The zero-order valence-electron chi connectivity index (χ0n) is 3.81. The molecule has 0 spiro atoms. The quantitative estimate of drug-likeness (QED) is 0.469. The first-order valence-corrected chi connectivity index (χ1v) is 1.58. The molecule has 5 heavy (non-hydrogen) atoms. The van der Waals surface area contributed by atoms with E-state index in [9.17, 15) is 0 Å². The molecule has 0 amide bonds. The summed E-state index contributed by atoms with van der Waals surface area (Å²) in [6.07, 6.45) is 3.75. The Morgan fingerprint density at radius 1 is 1.20 bits per heavy atom. The minimum absolute atomic E-state index is 0. The number of aromatic nitrogens is 1. The van der Waals surface area contributed by atoms with Crippen LogP contribution in [0.15, 0.2) is 24.5 Å². The molecule has 0 atom stereocenters. The van der Waals surface area contributed by atoms with E-state index in [2.05, 4.69) is 4.98 Å². The highest BCUT2D eigenvalue weighted by atomic mass is 14.6. The first kappa shape index (κ1) is 2.51. The summed E-state index contributed by atoms with van der Waals surface area (Å²) in [5.41, 5.74) is 0. The zero-order valence-corrected chi connectivity index (χ0v) is 2.81. The van der Waals surface area contributed by atoms with E-state index in [0.717, 1.165) is 0 Å². The lowest BCUT2D eigenvalue weighted by Crippen LogP contribution is -1.38. The third-order valence-electron chi connectivity index (χ3n) is 0.496. The Bertz CT molecular complexity index is 64.0. The van der Waals surface area contributed by atoms with Crippen molar-refractivity contribution in [3.05, 3.63) is 24.5 Å². The molecule has 1 aromatic heterocycles. The first-order chi connectivity index (χ1) is 2.50. The molecule has 0 aliphatic rings. The third-order valence-corrected chi connectivity index (χ3v) is 0.496. The number of rotatable bonds is 0. The van der Waals surface area contributed by atoms with Gasteiger partial charge in [-0.25, -0.2) is 0 Å². The number of nitrogens with one attached hydrogen (secondary N) is 1. The normalized spacial score (nSPS) is 8.00. The van der Waals surface area contributed by atoms with Gasteiger partial charge in [0.1, 0.15) is 0 Å². The van der Waals surface area contributed by atoms with Crippen molar-refractivity contribution < 1.29 is 1.43 Å². The molecule has 0 saturated carbocycles.